The molecule has 1 aliphatic rings. The third-order valence-electron chi connectivity index (χ3n) is 4.52. The molecule has 0 radical (unpaired) electrons. The number of hydrogen-bond acceptors (Lipinski definition) is 5. The number of phenolic OH excluding ortho intramolecular Hbond substituents is 2. The number of aliphatic carboxylic acids is 1. The number of carbonyl (C=O) groups is 1. The van der Waals surface area contributed by atoms with E-state index in [0.717, 1.165) is 22.4 Å². The number of fused-ring (bicyclic) bond motifs is 1. The maximum absolute atomic E-state index is 11.4. The van der Waals surface area contributed by atoms with Crippen molar-refractivity contribution in [1.82, 2.24) is 0 Å². The van der Waals surface area contributed by atoms with Gasteiger partial charge in [0, 0.05) is 17.5 Å². The standard InChI is InChI=1S/C18H19NO5/c1-9-5-10(3-4-16(9)24-2)17-12-8-15(21)14(20)7-11(12)6-13(19-17)18(22)23/h3-5,7-8,13,17,19-21H,6H2,1-2H3,(H,22,23)/t13-,17+/m0/s1. The summed E-state index contributed by atoms with van der Waals surface area (Å²) in [5.74, 6) is -0.870. The fourth-order valence-corrected chi connectivity index (χ4v) is 3.29. The van der Waals surface area contributed by atoms with E-state index in [1.54, 1.807) is 12.4 Å². The second-order valence-corrected chi connectivity index (χ2v) is 6.07. The predicted octanol–water partition coefficient (Wildman–Crippen LogP) is -0.258. The van der Waals surface area contributed by atoms with Gasteiger partial charge in [-0.3, -0.25) is 0 Å². The van der Waals surface area contributed by atoms with E-state index in [4.69, 9.17) is 4.74 Å². The van der Waals surface area contributed by atoms with Crippen molar-refractivity contribution in [3.05, 3.63) is 52.6 Å². The fourth-order valence-electron chi connectivity index (χ4n) is 3.29. The van der Waals surface area contributed by atoms with Gasteiger partial charge < -0.3 is 30.2 Å². The summed E-state index contributed by atoms with van der Waals surface area (Å²) in [6, 6.07) is 7.50. The lowest BCUT2D eigenvalue weighted by Gasteiger charge is -2.31. The van der Waals surface area contributed by atoms with Crippen LogP contribution in [-0.2, 0) is 11.2 Å². The molecule has 0 aromatic heterocycles. The zero-order chi connectivity index (χ0) is 17.4. The molecule has 24 heavy (non-hydrogen) atoms. The molecule has 2 aromatic rings. The number of phenols is 2. The van der Waals surface area contributed by atoms with Gasteiger partial charge in [-0.25, -0.2) is 0 Å². The van der Waals surface area contributed by atoms with Gasteiger partial charge in [-0.05, 0) is 48.4 Å². The Morgan fingerprint density at radius 2 is 1.96 bits per heavy atom. The highest BCUT2D eigenvalue weighted by Gasteiger charge is 2.33. The minimum absolute atomic E-state index is 0.218. The molecule has 0 amide bonds. The van der Waals surface area contributed by atoms with Crippen LogP contribution in [0.1, 0.15) is 28.3 Å². The van der Waals surface area contributed by atoms with E-state index in [9.17, 15) is 20.1 Å². The van der Waals surface area contributed by atoms with E-state index < -0.39 is 12.0 Å². The average Bonchev–Trinajstić information content (AvgIpc) is 2.55. The second kappa shape index (κ2) is 6.05. The van der Waals surface area contributed by atoms with Crippen molar-refractivity contribution in [2.45, 2.75) is 25.4 Å². The number of aryl methyl sites for hydroxylation is 1. The van der Waals surface area contributed by atoms with Gasteiger partial charge in [-0.15, -0.1) is 0 Å². The lowest BCUT2D eigenvalue weighted by molar-refractivity contribution is -0.716. The van der Waals surface area contributed by atoms with E-state index in [1.165, 1.54) is 12.1 Å². The Kier molecular flexibility index (Phi) is 4.07. The molecule has 1 heterocycles. The fraction of sp³-hybridized carbons (Fsp3) is 0.278. The largest absolute Gasteiger partial charge is 0.544 e. The molecule has 0 spiro atoms. The molecule has 0 saturated heterocycles. The first kappa shape index (κ1) is 16.1. The van der Waals surface area contributed by atoms with Gasteiger partial charge in [-0.2, -0.15) is 0 Å². The number of nitrogens with two attached hydrogens (primary N) is 1. The number of carbonyl (C=O) groups excluding carboxylic acids is 1. The number of ether oxygens (including phenoxy) is 1. The van der Waals surface area contributed by atoms with Crippen molar-refractivity contribution < 1.29 is 30.2 Å². The van der Waals surface area contributed by atoms with Crippen LogP contribution in [0.15, 0.2) is 30.3 Å². The predicted molar refractivity (Wildman–Crippen MR) is 83.8 cm³/mol. The van der Waals surface area contributed by atoms with Crippen LogP contribution in [0.3, 0.4) is 0 Å². The average molecular weight is 329 g/mol. The summed E-state index contributed by atoms with van der Waals surface area (Å²) in [6.07, 6.45) is 0.233. The molecule has 1 aliphatic heterocycles. The maximum atomic E-state index is 11.4. The lowest BCUT2D eigenvalue weighted by Crippen LogP contribution is -2.95. The van der Waals surface area contributed by atoms with E-state index in [-0.39, 0.29) is 24.0 Å². The van der Waals surface area contributed by atoms with Crippen molar-refractivity contribution in [1.29, 1.82) is 0 Å². The van der Waals surface area contributed by atoms with E-state index in [2.05, 4.69) is 0 Å². The molecule has 0 aliphatic carbocycles. The topological polar surface area (TPSA) is 106 Å². The second-order valence-electron chi connectivity index (χ2n) is 6.07. The molecular weight excluding hydrogens is 310 g/mol. The number of carboxylic acids is 1. The van der Waals surface area contributed by atoms with Crippen molar-refractivity contribution in [2.24, 2.45) is 0 Å². The van der Waals surface area contributed by atoms with E-state index >= 15 is 0 Å². The first-order valence-corrected chi connectivity index (χ1v) is 7.66. The molecule has 6 nitrogen and oxygen atoms in total. The van der Waals surface area contributed by atoms with Crippen LogP contribution in [0.4, 0.5) is 0 Å². The summed E-state index contributed by atoms with van der Waals surface area (Å²) in [5.41, 5.74) is 3.31. The third-order valence-corrected chi connectivity index (χ3v) is 4.52. The summed E-state index contributed by atoms with van der Waals surface area (Å²) in [4.78, 5) is 11.4. The van der Waals surface area contributed by atoms with Crippen molar-refractivity contribution in [3.8, 4) is 17.2 Å². The molecular formula is C18H19NO5. The highest BCUT2D eigenvalue weighted by atomic mass is 16.5. The number of benzene rings is 2. The zero-order valence-corrected chi connectivity index (χ0v) is 13.4. The van der Waals surface area contributed by atoms with Crippen LogP contribution in [0.25, 0.3) is 0 Å². The number of carboxylic acid groups (broad SMARTS) is 1. The number of rotatable bonds is 3. The summed E-state index contributed by atoms with van der Waals surface area (Å²) in [7, 11) is 1.59. The van der Waals surface area contributed by atoms with Crippen molar-refractivity contribution >= 4 is 5.97 Å². The minimum atomic E-state index is -1.15. The van der Waals surface area contributed by atoms with Crippen molar-refractivity contribution in [3.63, 3.8) is 0 Å². The lowest BCUT2D eigenvalue weighted by atomic mass is 9.86. The van der Waals surface area contributed by atoms with Crippen molar-refractivity contribution in [2.75, 3.05) is 7.11 Å². The Morgan fingerprint density at radius 3 is 2.58 bits per heavy atom. The summed E-state index contributed by atoms with van der Waals surface area (Å²) < 4.78 is 5.26. The van der Waals surface area contributed by atoms with Crippen LogP contribution in [0, 0.1) is 6.92 Å². The van der Waals surface area contributed by atoms with E-state index in [0.29, 0.717) is 5.56 Å². The number of methoxy groups -OCH3 is 1. The molecule has 3 rings (SSSR count). The maximum Gasteiger partial charge on any atom is 0.157 e. The van der Waals surface area contributed by atoms with Gasteiger partial charge in [0.05, 0.1) is 13.1 Å². The van der Waals surface area contributed by atoms with Gasteiger partial charge >= 0.3 is 0 Å². The quantitative estimate of drug-likeness (QED) is 0.673. The number of aromatic hydroxyl groups is 2. The van der Waals surface area contributed by atoms with Gasteiger partial charge in [-0.1, -0.05) is 0 Å². The molecule has 0 saturated carbocycles. The Hall–Kier alpha value is -2.73. The normalized spacial score (nSPS) is 19.6. The van der Waals surface area contributed by atoms with Crippen LogP contribution >= 0.6 is 0 Å². The Balaban J connectivity index is 2.11. The zero-order valence-electron chi connectivity index (χ0n) is 13.4. The summed E-state index contributed by atoms with van der Waals surface area (Å²) in [5, 5.41) is 32.7. The van der Waals surface area contributed by atoms with Gasteiger partial charge in [0.25, 0.3) is 0 Å². The van der Waals surface area contributed by atoms with Crippen LogP contribution in [-0.4, -0.2) is 29.3 Å². The monoisotopic (exact) mass is 329 g/mol. The van der Waals surface area contributed by atoms with Gasteiger partial charge in [0.1, 0.15) is 17.8 Å². The number of quaternary nitrogens is 1. The molecule has 2 atom stereocenters. The first-order chi connectivity index (χ1) is 11.4. The molecule has 126 valence electrons. The molecule has 0 fully saturated rings. The molecule has 4 N–H and O–H groups in total. The Labute approximate surface area is 139 Å². The molecule has 0 unspecified atom stereocenters. The summed E-state index contributed by atoms with van der Waals surface area (Å²) in [6.45, 7) is 1.91. The minimum Gasteiger partial charge on any atom is -0.544 e. The van der Waals surface area contributed by atoms with Crippen LogP contribution in [0.2, 0.25) is 0 Å². The smallest absolute Gasteiger partial charge is 0.157 e. The Morgan fingerprint density at radius 1 is 1.25 bits per heavy atom. The highest BCUT2D eigenvalue weighted by Crippen LogP contribution is 2.35. The van der Waals surface area contributed by atoms with Crippen LogP contribution in [0.5, 0.6) is 17.2 Å². The molecule has 0 bridgehead atoms. The summed E-state index contributed by atoms with van der Waals surface area (Å²) >= 11 is 0. The Bertz CT molecular complexity index is 802. The third kappa shape index (κ3) is 2.76. The highest BCUT2D eigenvalue weighted by molar-refractivity contribution is 5.70. The van der Waals surface area contributed by atoms with Gasteiger partial charge in [0.15, 0.2) is 11.5 Å². The first-order valence-electron chi connectivity index (χ1n) is 7.66. The number of hydrogen-bond donors (Lipinski definition) is 3. The van der Waals surface area contributed by atoms with Gasteiger partial charge in [0.2, 0.25) is 0 Å². The molecule has 2 aromatic carbocycles. The molecule has 6 heteroatoms. The SMILES string of the molecule is COc1ccc([C@H]2[NH2+][C@H](C(=O)[O-])Cc3cc(O)c(O)cc32)cc1C. The van der Waals surface area contributed by atoms with E-state index in [1.807, 2.05) is 25.1 Å². The van der Waals surface area contributed by atoms with Crippen LogP contribution < -0.4 is 15.2 Å².